The molecule has 4 heterocycles. The summed E-state index contributed by atoms with van der Waals surface area (Å²) in [5, 5.41) is 102. The van der Waals surface area contributed by atoms with E-state index in [1.807, 2.05) is 12.1 Å². The molecule has 37 heteroatoms. The van der Waals surface area contributed by atoms with Crippen LogP contribution in [0.1, 0.15) is 215 Å². The van der Waals surface area contributed by atoms with Gasteiger partial charge in [-0.05, 0) is 115 Å². The minimum atomic E-state index is 0. The topological polar surface area (TPSA) is 307 Å². The first-order valence-electron chi connectivity index (χ1n) is 46.0. The van der Waals surface area contributed by atoms with Crippen molar-refractivity contribution in [3.05, 3.63) is 35.2 Å². The third-order valence-corrected chi connectivity index (χ3v) is 26.8. The van der Waals surface area contributed by atoms with E-state index in [1.165, 1.54) is 170 Å². The van der Waals surface area contributed by atoms with Crippen LogP contribution in [0.2, 0.25) is 0 Å². The molecule has 1 aromatic rings. The molecule has 21 N–H and O–H groups in total. The fourth-order valence-corrected chi connectivity index (χ4v) is 19.7. The maximum atomic E-state index is 9.52. The number of nitriles is 1. The second-order valence-corrected chi connectivity index (χ2v) is 45.6. The van der Waals surface area contributed by atoms with Gasteiger partial charge in [0.15, 0.2) is 0 Å². The Labute approximate surface area is 816 Å². The van der Waals surface area contributed by atoms with Crippen molar-refractivity contribution in [1.29, 1.82) is 5.26 Å². The predicted molar refractivity (Wildman–Crippen MR) is 521 cm³/mol. The number of rotatable bonds is 6. The minimum Gasteiger partial charge on any atom is -0.753 e. The van der Waals surface area contributed by atoms with Crippen molar-refractivity contribution in [2.24, 2.45) is 0 Å². The van der Waals surface area contributed by atoms with Gasteiger partial charge in [-0.25, -0.2) is 5.26 Å². The van der Waals surface area contributed by atoms with Gasteiger partial charge in [-0.3, -0.25) is 0 Å². The van der Waals surface area contributed by atoms with Crippen LogP contribution in [-0.2, 0) is 75.5 Å². The number of fused-ring (bicyclic) bond motifs is 6. The van der Waals surface area contributed by atoms with Gasteiger partial charge >= 0.3 is 100.0 Å². The van der Waals surface area contributed by atoms with Crippen LogP contribution in [0.15, 0.2) is 24.3 Å². The number of hydrogen-bond donors (Lipinski definition) is 21. The molecule has 10 aliphatic rings. The maximum absolute atomic E-state index is 9.52. The Balaban J connectivity index is 0.000000521. The van der Waals surface area contributed by atoms with Gasteiger partial charge < -0.3 is 129 Å². The summed E-state index contributed by atoms with van der Waals surface area (Å²) >= 11 is 11.6. The summed E-state index contributed by atoms with van der Waals surface area (Å²) in [5.74, 6) is 2.66. The molecule has 0 spiro atoms. The molecule has 11 unspecified atom stereocenters. The largest absolute Gasteiger partial charge is 0.753 e. The SMILES string of the molecule is C1CCC2NCCNC3CCCC[C@H]3NCCNCCNC2C1.CC(C)(C)SC[C@H]1CNC2CCCCC2NC[C@H](CSC(C)(C)C)NCCNCCN1.C[C@@H]1CNC2CCCCC2NCCNC2CCCCC2N[C@H](C)CN1.N#C[S-].Oc1ccc(C[C@H]2CNC3CCCCC3NCCNCCNCCN2)cc1.[Cl][Mn][Cl].[Cl][Mn][Cl].[Cl][Mn][Cl].[Mn].[N-]=C=S. The zero-order valence-corrected chi connectivity index (χ0v) is 87.8. The first-order valence-corrected chi connectivity index (χ1v) is 58.5. The van der Waals surface area contributed by atoms with E-state index in [0.717, 1.165) is 168 Å². The third-order valence-electron chi connectivity index (χ3n) is 24.0. The average molecular weight is 2070 g/mol. The molecule has 6 saturated carbocycles. The van der Waals surface area contributed by atoms with Crippen LogP contribution >= 0.6 is 96.3 Å². The van der Waals surface area contributed by atoms with Gasteiger partial charge in [0.05, 0.1) is 0 Å². The average Bonchev–Trinajstić information content (AvgIpc) is 1.58. The summed E-state index contributed by atoms with van der Waals surface area (Å²) in [6, 6.07) is 17.7. The number of nitrogens with zero attached hydrogens (tertiary/aromatic N) is 2. The second-order valence-electron chi connectivity index (χ2n) is 35.7. The molecule has 6 aliphatic carbocycles. The number of aromatic hydroxyl groups is 1. The summed E-state index contributed by atoms with van der Waals surface area (Å²) in [4.78, 5) is 0. The summed E-state index contributed by atoms with van der Waals surface area (Å²) in [6.45, 7) is 42.7. The Morgan fingerprint density at radius 3 is 0.877 bits per heavy atom. The van der Waals surface area contributed by atoms with Crippen molar-refractivity contribution in [2.75, 3.05) is 162 Å². The van der Waals surface area contributed by atoms with Gasteiger partial charge in [-0.1, -0.05) is 148 Å². The molecule has 718 valence electrons. The number of nitrogens with one attached hydrogen (secondary N) is 20. The monoisotopic (exact) mass is 2070 g/mol. The minimum absolute atomic E-state index is 0. The van der Waals surface area contributed by atoms with Gasteiger partial charge in [0.1, 0.15) is 5.75 Å². The van der Waals surface area contributed by atoms with Crippen LogP contribution in [0.25, 0.3) is 5.41 Å². The van der Waals surface area contributed by atoms with Crippen LogP contribution in [0.3, 0.4) is 0 Å². The summed E-state index contributed by atoms with van der Waals surface area (Å²) in [5.41, 5.74) is 1.26. The van der Waals surface area contributed by atoms with Gasteiger partial charge in [0.2, 0.25) is 0 Å². The molecule has 4 saturated heterocycles. The van der Waals surface area contributed by atoms with Gasteiger partial charge in [-0.2, -0.15) is 28.7 Å². The molecule has 0 bridgehead atoms. The molecule has 4 aliphatic heterocycles. The Morgan fingerprint density at radius 2 is 0.590 bits per heavy atom. The number of thiocyanates is 1. The molecule has 122 heavy (non-hydrogen) atoms. The number of isothiocyanates is 1. The fourth-order valence-electron chi connectivity index (χ4n) is 17.8. The van der Waals surface area contributed by atoms with Gasteiger partial charge in [-0.15, -0.1) is 0 Å². The Hall–Kier alpha value is 2.25. The van der Waals surface area contributed by atoms with Crippen molar-refractivity contribution in [3.8, 4) is 11.2 Å². The molecule has 11 rings (SSSR count). The molecule has 23 nitrogen and oxygen atoms in total. The van der Waals surface area contributed by atoms with Crippen molar-refractivity contribution >= 4 is 114 Å². The standard InChI is InChI=1S/C24H51N5S2.C21H37N5O.C20H41N5.C18H37N5.CHNS.CNS.6ClH.4Mn/c1-23(2,3)30-17-19-15-28-21-9-7-8-10-22(21)29-16-20(18-31-24(4,5)6)27-14-12-25-11-13-26-19;27-19-7-5-17(6-8-19)15-18-16-26-21-4-2-1-3-20(21)25-14-12-23-10-9-22-11-13-24-18;1-15-13-24-18-8-4-3-7-17(18)21-11-12-22-19-9-5-6-10-20(19)25-16(2)14-23-15;1-3-7-17-15(5-1)20-11-9-19-10-12-21-16-6-2-4-8-18(16)23-14-13-22-17;2*2-1-3;;;;;;;;;;/h19-22,25-29H,7-18H2,1-6H3;5-8,18,20-27H,1-4,9-16H2;15-25H,3-14H2,1-2H3;15-23H,1-14H2;3H;;6*1H;;;;/q;;;;;-1;;;;;;;;3*+2/p-7/t19-,20-,21?,22?;18-,20?,21?;15-,16-,17?,18?,19?,20?;15-,16?,17?,18?;;;;;;;;;;;;/m1011............/s1. The summed E-state index contributed by atoms with van der Waals surface area (Å²) in [6.07, 6.45) is 33.1. The van der Waals surface area contributed by atoms with Crippen molar-refractivity contribution < 1.29 is 61.6 Å². The van der Waals surface area contributed by atoms with Crippen LogP contribution in [0.5, 0.6) is 5.75 Å². The molecular formula is C85H166Cl6Mn4N22OS4-2. The molecule has 1 aromatic carbocycles. The quantitative estimate of drug-likeness (QED) is 0.0414. The van der Waals surface area contributed by atoms with Crippen LogP contribution in [0, 0.1) is 10.7 Å². The summed E-state index contributed by atoms with van der Waals surface area (Å²) in [7, 11) is 28.8. The van der Waals surface area contributed by atoms with Crippen LogP contribution in [0.4, 0.5) is 0 Å². The van der Waals surface area contributed by atoms with Gasteiger partial charge in [0.25, 0.3) is 0 Å². The zero-order chi connectivity index (χ0) is 88.2. The van der Waals surface area contributed by atoms with Crippen LogP contribution in [-0.4, -0.2) is 285 Å². The Bertz CT molecular complexity index is 2570. The number of phenols is 1. The second kappa shape index (κ2) is 79.5. The summed E-state index contributed by atoms with van der Waals surface area (Å²) < 4.78 is 0.634. The number of phenolic OH excluding ortho intramolecular Hbond substituents is 1. The van der Waals surface area contributed by atoms with Gasteiger partial charge in [0, 0.05) is 291 Å². The molecule has 0 aromatic heterocycles. The first-order chi connectivity index (χ1) is 58.7. The smallest absolute Gasteiger partial charge is 0 e. The van der Waals surface area contributed by atoms with E-state index in [0.29, 0.717) is 118 Å². The van der Waals surface area contributed by atoms with E-state index in [9.17, 15) is 5.11 Å². The number of thiocarbonyl (C=S) groups is 1. The van der Waals surface area contributed by atoms with E-state index in [4.69, 9.17) is 71.3 Å². The number of benzene rings is 1. The molecule has 0 amide bonds. The number of halogens is 6. The fraction of sp³-hybridized carbons (Fsp3) is 0.906. The van der Waals surface area contributed by atoms with E-state index < -0.39 is 0 Å². The van der Waals surface area contributed by atoms with E-state index >= 15 is 0 Å². The van der Waals surface area contributed by atoms with Crippen molar-refractivity contribution in [2.45, 2.75) is 328 Å². The number of thioether (sulfide) groups is 2. The molecule has 10 fully saturated rings. The van der Waals surface area contributed by atoms with E-state index in [1.54, 1.807) is 12.1 Å². The predicted octanol–water partition coefficient (Wildman–Crippen LogP) is 10.4. The Kier molecular flexibility index (Phi) is 78.4. The first kappa shape index (κ1) is 120. The van der Waals surface area contributed by atoms with Crippen molar-refractivity contribution in [3.63, 3.8) is 0 Å². The molecule has 17 atom stereocenters. The maximum Gasteiger partial charge on any atom is 0 e. The van der Waals surface area contributed by atoms with E-state index in [2.05, 4.69) is 210 Å². The number of hydrogen-bond acceptors (Lipinski definition) is 26. The van der Waals surface area contributed by atoms with E-state index in [-0.39, 0.29) is 56.5 Å². The third kappa shape index (κ3) is 62.0. The Morgan fingerprint density at radius 1 is 0.377 bits per heavy atom. The molecule has 1 radical (unpaired) electrons. The molecular weight excluding hydrogens is 1910 g/mol. The van der Waals surface area contributed by atoms with Crippen LogP contribution < -0.4 is 106 Å². The normalized spacial score (nSPS) is 30.8. The van der Waals surface area contributed by atoms with Crippen molar-refractivity contribution in [1.82, 2.24) is 106 Å². The zero-order valence-electron chi connectivity index (χ0n) is 75.2.